The van der Waals surface area contributed by atoms with Crippen molar-refractivity contribution >= 4 is 21.6 Å². The maximum Gasteiger partial charge on any atom is 0.243 e. The van der Waals surface area contributed by atoms with Crippen molar-refractivity contribution in [3.05, 3.63) is 28.5 Å². The van der Waals surface area contributed by atoms with Crippen LogP contribution in [0.2, 0.25) is 5.02 Å². The molecule has 120 valence electrons. The molecule has 7 heteroatoms. The average molecular weight is 337 g/mol. The Labute approximate surface area is 131 Å². The summed E-state index contributed by atoms with van der Waals surface area (Å²) >= 11 is 5.92. The second-order valence-electron chi connectivity index (χ2n) is 4.81. The van der Waals surface area contributed by atoms with Crippen LogP contribution in [0.1, 0.15) is 38.7 Å². The van der Waals surface area contributed by atoms with Gasteiger partial charge in [-0.1, -0.05) is 31.9 Å². The molecule has 0 spiro atoms. The number of nitrogens with one attached hydrogen (secondary N) is 2. The molecule has 0 bridgehead atoms. The monoisotopic (exact) mass is 336 g/mol. The Balaban J connectivity index is 3.01. The van der Waals surface area contributed by atoms with Gasteiger partial charge in [-0.2, -0.15) is 0 Å². The first-order chi connectivity index (χ1) is 9.92. The molecule has 0 saturated carbocycles. The van der Waals surface area contributed by atoms with Gasteiger partial charge in [0, 0.05) is 23.7 Å². The topological polar surface area (TPSA) is 58.2 Å². The van der Waals surface area contributed by atoms with Crippen LogP contribution in [0.3, 0.4) is 0 Å². The summed E-state index contributed by atoms with van der Waals surface area (Å²) in [6.07, 6.45) is 2.46. The van der Waals surface area contributed by atoms with Crippen LogP contribution < -0.4 is 10.0 Å². The molecule has 21 heavy (non-hydrogen) atoms. The van der Waals surface area contributed by atoms with E-state index in [1.165, 1.54) is 6.07 Å². The molecule has 4 nitrogen and oxygen atoms in total. The molecule has 0 amide bonds. The minimum Gasteiger partial charge on any atom is -0.313 e. The summed E-state index contributed by atoms with van der Waals surface area (Å²) in [6.45, 7) is 5.20. The van der Waals surface area contributed by atoms with Gasteiger partial charge in [0.2, 0.25) is 10.0 Å². The van der Waals surface area contributed by atoms with Crippen molar-refractivity contribution in [2.75, 3.05) is 13.1 Å². The molecule has 0 aromatic heterocycles. The summed E-state index contributed by atoms with van der Waals surface area (Å²) in [5, 5.41) is 3.25. The van der Waals surface area contributed by atoms with Gasteiger partial charge in [-0.25, -0.2) is 17.5 Å². The van der Waals surface area contributed by atoms with E-state index in [1.54, 1.807) is 0 Å². The van der Waals surface area contributed by atoms with Crippen LogP contribution in [0.25, 0.3) is 0 Å². The van der Waals surface area contributed by atoms with Crippen molar-refractivity contribution in [2.45, 2.75) is 44.6 Å². The van der Waals surface area contributed by atoms with Crippen molar-refractivity contribution in [3.63, 3.8) is 0 Å². The van der Waals surface area contributed by atoms with Crippen molar-refractivity contribution in [1.82, 2.24) is 10.0 Å². The van der Waals surface area contributed by atoms with E-state index < -0.39 is 15.8 Å². The van der Waals surface area contributed by atoms with Gasteiger partial charge in [-0.05, 0) is 31.5 Å². The van der Waals surface area contributed by atoms with E-state index in [4.69, 9.17) is 11.6 Å². The predicted molar refractivity (Wildman–Crippen MR) is 83.5 cm³/mol. The molecule has 0 fully saturated rings. The summed E-state index contributed by atoms with van der Waals surface area (Å²) in [4.78, 5) is -0.389. The fourth-order valence-corrected chi connectivity index (χ4v) is 3.33. The standard InChI is InChI=1S/C14H22ClFN2O2S/c1-3-5-7-18-21(19,20)13-9-12(15)8-11(14(13)16)10-17-6-4-2/h8-9,17-18H,3-7,10H2,1-2H3. The highest BCUT2D eigenvalue weighted by atomic mass is 35.5. The number of hydrogen-bond acceptors (Lipinski definition) is 3. The normalized spacial score (nSPS) is 11.8. The molecule has 0 heterocycles. The first-order valence-electron chi connectivity index (χ1n) is 7.10. The number of halogens is 2. The molecule has 0 unspecified atom stereocenters. The third-order valence-corrected chi connectivity index (χ3v) is 4.61. The van der Waals surface area contributed by atoms with Crippen LogP contribution >= 0.6 is 11.6 Å². The van der Waals surface area contributed by atoms with Crippen molar-refractivity contribution in [2.24, 2.45) is 0 Å². The highest BCUT2D eigenvalue weighted by molar-refractivity contribution is 7.89. The van der Waals surface area contributed by atoms with Gasteiger partial charge in [0.05, 0.1) is 0 Å². The molecular weight excluding hydrogens is 315 g/mol. The fraction of sp³-hybridized carbons (Fsp3) is 0.571. The number of unbranched alkanes of at least 4 members (excludes halogenated alkanes) is 1. The molecule has 0 aliphatic heterocycles. The van der Waals surface area contributed by atoms with Gasteiger partial charge < -0.3 is 5.32 Å². The van der Waals surface area contributed by atoms with E-state index in [1.807, 2.05) is 13.8 Å². The van der Waals surface area contributed by atoms with Gasteiger partial charge in [0.25, 0.3) is 0 Å². The summed E-state index contributed by atoms with van der Waals surface area (Å²) in [7, 11) is -3.88. The number of benzene rings is 1. The van der Waals surface area contributed by atoms with E-state index in [2.05, 4.69) is 10.0 Å². The third kappa shape index (κ3) is 5.54. The quantitative estimate of drug-likeness (QED) is 0.681. The SMILES string of the molecule is CCCCNS(=O)(=O)c1cc(Cl)cc(CNCCC)c1F. The summed E-state index contributed by atoms with van der Waals surface area (Å²) < 4.78 is 41.0. The lowest BCUT2D eigenvalue weighted by Crippen LogP contribution is -2.26. The second-order valence-corrected chi connectivity index (χ2v) is 6.98. The highest BCUT2D eigenvalue weighted by Gasteiger charge is 2.21. The van der Waals surface area contributed by atoms with E-state index in [9.17, 15) is 12.8 Å². The van der Waals surface area contributed by atoms with Crippen LogP contribution in [-0.2, 0) is 16.6 Å². The molecule has 1 aromatic rings. The molecular formula is C14H22ClFN2O2S. The molecule has 0 aliphatic rings. The van der Waals surface area contributed by atoms with Crippen LogP contribution in [-0.4, -0.2) is 21.5 Å². The number of hydrogen-bond donors (Lipinski definition) is 2. The Morgan fingerprint density at radius 2 is 1.90 bits per heavy atom. The number of rotatable bonds is 9. The highest BCUT2D eigenvalue weighted by Crippen LogP contribution is 2.23. The van der Waals surface area contributed by atoms with Gasteiger partial charge in [0.15, 0.2) is 0 Å². The average Bonchev–Trinajstić information content (AvgIpc) is 2.42. The zero-order valence-electron chi connectivity index (χ0n) is 12.4. The second kappa shape index (κ2) is 8.68. The Hall–Kier alpha value is -0.690. The Morgan fingerprint density at radius 3 is 2.52 bits per heavy atom. The fourth-order valence-electron chi connectivity index (χ4n) is 1.80. The Morgan fingerprint density at radius 1 is 1.19 bits per heavy atom. The molecule has 0 saturated heterocycles. The lowest BCUT2D eigenvalue weighted by atomic mass is 10.2. The lowest BCUT2D eigenvalue weighted by Gasteiger charge is -2.12. The van der Waals surface area contributed by atoms with E-state index in [0.29, 0.717) is 6.42 Å². The lowest BCUT2D eigenvalue weighted by molar-refractivity contribution is 0.540. The van der Waals surface area contributed by atoms with Crippen LogP contribution in [0.15, 0.2) is 17.0 Å². The van der Waals surface area contributed by atoms with Crippen molar-refractivity contribution in [3.8, 4) is 0 Å². The Kier molecular flexibility index (Phi) is 7.59. The maximum absolute atomic E-state index is 14.4. The van der Waals surface area contributed by atoms with E-state index in [0.717, 1.165) is 25.5 Å². The minimum absolute atomic E-state index is 0.209. The van der Waals surface area contributed by atoms with Gasteiger partial charge in [-0.3, -0.25) is 0 Å². The van der Waals surface area contributed by atoms with Gasteiger partial charge in [-0.15, -0.1) is 0 Å². The van der Waals surface area contributed by atoms with Gasteiger partial charge in [0.1, 0.15) is 10.7 Å². The molecule has 0 atom stereocenters. The van der Waals surface area contributed by atoms with Crippen LogP contribution in [0.5, 0.6) is 0 Å². The zero-order chi connectivity index (χ0) is 15.9. The predicted octanol–water partition coefficient (Wildman–Crippen LogP) is 3.06. The smallest absolute Gasteiger partial charge is 0.243 e. The van der Waals surface area contributed by atoms with E-state index in [-0.39, 0.29) is 28.6 Å². The van der Waals surface area contributed by atoms with Crippen LogP contribution in [0, 0.1) is 5.82 Å². The first-order valence-corrected chi connectivity index (χ1v) is 8.96. The van der Waals surface area contributed by atoms with Crippen molar-refractivity contribution in [1.29, 1.82) is 0 Å². The first kappa shape index (κ1) is 18.4. The van der Waals surface area contributed by atoms with Crippen LogP contribution in [0.4, 0.5) is 4.39 Å². The largest absolute Gasteiger partial charge is 0.313 e. The minimum atomic E-state index is -3.88. The molecule has 1 rings (SSSR count). The molecule has 0 radical (unpaired) electrons. The molecule has 0 aliphatic carbocycles. The van der Waals surface area contributed by atoms with Crippen molar-refractivity contribution < 1.29 is 12.8 Å². The van der Waals surface area contributed by atoms with E-state index >= 15 is 0 Å². The Bertz CT molecular complexity index is 564. The zero-order valence-corrected chi connectivity index (χ0v) is 14.0. The number of sulfonamides is 1. The molecule has 2 N–H and O–H groups in total. The summed E-state index contributed by atoms with van der Waals surface area (Å²) in [5.41, 5.74) is 0.256. The third-order valence-electron chi connectivity index (χ3n) is 2.93. The molecule has 1 aromatic carbocycles. The van der Waals surface area contributed by atoms with Gasteiger partial charge >= 0.3 is 0 Å². The summed E-state index contributed by atoms with van der Waals surface area (Å²) in [6, 6.07) is 2.60. The summed E-state index contributed by atoms with van der Waals surface area (Å²) in [5.74, 6) is -0.744. The maximum atomic E-state index is 14.4.